The number of rotatable bonds is 2. The summed E-state index contributed by atoms with van der Waals surface area (Å²) in [5, 5.41) is 0. The van der Waals surface area contributed by atoms with E-state index >= 15 is 0 Å². The lowest BCUT2D eigenvalue weighted by atomic mass is 10.1. The molecule has 1 aromatic rings. The normalized spacial score (nSPS) is 9.18. The fourth-order valence-electron chi connectivity index (χ4n) is 0.760. The van der Waals surface area contributed by atoms with Gasteiger partial charge in [0.1, 0.15) is 0 Å². The zero-order valence-corrected chi connectivity index (χ0v) is 6.67. The third-order valence-electron chi connectivity index (χ3n) is 1.49. The van der Waals surface area contributed by atoms with Gasteiger partial charge in [0.15, 0.2) is 0 Å². The number of allylic oxidation sites excluding steroid dienone is 2. The van der Waals surface area contributed by atoms with Crippen LogP contribution in [0.4, 0.5) is 0 Å². The molecule has 0 aliphatic rings. The molecule has 0 aliphatic heterocycles. The van der Waals surface area contributed by atoms with Crippen LogP contribution in [-0.4, -0.2) is 4.98 Å². The predicted molar refractivity (Wildman–Crippen MR) is 48.1 cm³/mol. The molecule has 56 valence electrons. The van der Waals surface area contributed by atoms with Crippen LogP contribution >= 0.6 is 0 Å². The maximum atomic E-state index is 4.14. The van der Waals surface area contributed by atoms with E-state index in [1.165, 1.54) is 0 Å². The van der Waals surface area contributed by atoms with Gasteiger partial charge in [0.05, 0.1) is 5.69 Å². The van der Waals surface area contributed by atoms with Gasteiger partial charge < -0.3 is 0 Å². The monoisotopic (exact) mass is 145 g/mol. The van der Waals surface area contributed by atoms with Crippen LogP contribution in [-0.2, 0) is 0 Å². The van der Waals surface area contributed by atoms with Crippen molar-refractivity contribution in [1.29, 1.82) is 0 Å². The minimum Gasteiger partial charge on any atom is -0.256 e. The van der Waals surface area contributed by atoms with Gasteiger partial charge in [-0.05, 0) is 30.2 Å². The molecule has 0 N–H and O–H groups in total. The first-order chi connectivity index (χ1) is 5.22. The van der Waals surface area contributed by atoms with Gasteiger partial charge in [-0.15, -0.1) is 0 Å². The van der Waals surface area contributed by atoms with E-state index in [0.717, 1.165) is 16.8 Å². The Kier molecular flexibility index (Phi) is 2.21. The molecule has 0 bridgehead atoms. The summed E-state index contributed by atoms with van der Waals surface area (Å²) < 4.78 is 0. The Labute approximate surface area is 67.1 Å². The van der Waals surface area contributed by atoms with E-state index < -0.39 is 0 Å². The summed E-state index contributed by atoms with van der Waals surface area (Å²) in [6.45, 7) is 9.58. The Bertz CT molecular complexity index is 272. The largest absolute Gasteiger partial charge is 0.256 e. The van der Waals surface area contributed by atoms with E-state index in [-0.39, 0.29) is 0 Å². The molecule has 1 nitrogen and oxygen atoms in total. The van der Waals surface area contributed by atoms with Crippen LogP contribution in [0.1, 0.15) is 12.6 Å². The van der Waals surface area contributed by atoms with Crippen LogP contribution in [0.25, 0.3) is 5.57 Å². The van der Waals surface area contributed by atoms with Gasteiger partial charge in [-0.2, -0.15) is 0 Å². The average Bonchev–Trinajstić information content (AvgIpc) is 2.05. The summed E-state index contributed by atoms with van der Waals surface area (Å²) in [4.78, 5) is 4.14. The summed E-state index contributed by atoms with van der Waals surface area (Å²) in [6.07, 6.45) is 1.75. The lowest BCUT2D eigenvalue weighted by Gasteiger charge is -2.01. The average molecular weight is 145 g/mol. The highest BCUT2D eigenvalue weighted by molar-refractivity contribution is 5.73. The molecule has 0 saturated heterocycles. The highest BCUT2D eigenvalue weighted by atomic mass is 14.7. The third kappa shape index (κ3) is 1.77. The van der Waals surface area contributed by atoms with E-state index in [0.29, 0.717) is 0 Å². The van der Waals surface area contributed by atoms with Crippen LogP contribution in [0.15, 0.2) is 43.1 Å². The van der Waals surface area contributed by atoms with Crippen molar-refractivity contribution in [3.8, 4) is 0 Å². The summed E-state index contributed by atoms with van der Waals surface area (Å²) in [5.41, 5.74) is 2.77. The van der Waals surface area contributed by atoms with E-state index in [2.05, 4.69) is 18.1 Å². The topological polar surface area (TPSA) is 12.9 Å². The fraction of sp³-hybridized carbons (Fsp3) is 0.100. The fourth-order valence-corrected chi connectivity index (χ4v) is 0.760. The molecule has 0 saturated carbocycles. The van der Waals surface area contributed by atoms with E-state index in [1.54, 1.807) is 6.20 Å². The standard InChI is InChI=1S/C10H11N/c1-8(2)9(3)10-6-4-5-7-11-10/h4-7H,1,3H2,2H3. The molecule has 0 radical (unpaired) electrons. The molecule has 0 spiro atoms. The highest BCUT2D eigenvalue weighted by Gasteiger charge is 1.97. The van der Waals surface area contributed by atoms with Crippen LogP contribution in [0.5, 0.6) is 0 Å². The highest BCUT2D eigenvalue weighted by Crippen LogP contribution is 2.15. The summed E-state index contributed by atoms with van der Waals surface area (Å²) >= 11 is 0. The lowest BCUT2D eigenvalue weighted by molar-refractivity contribution is 1.27. The quantitative estimate of drug-likeness (QED) is 0.583. The van der Waals surface area contributed by atoms with E-state index in [4.69, 9.17) is 0 Å². The zero-order valence-electron chi connectivity index (χ0n) is 6.67. The second-order valence-corrected chi connectivity index (χ2v) is 2.47. The van der Waals surface area contributed by atoms with E-state index in [1.807, 2.05) is 25.1 Å². The maximum Gasteiger partial charge on any atom is 0.0698 e. The molecule has 11 heavy (non-hydrogen) atoms. The number of pyridine rings is 1. The van der Waals surface area contributed by atoms with Crippen molar-refractivity contribution in [1.82, 2.24) is 4.98 Å². The Morgan fingerprint density at radius 1 is 1.36 bits per heavy atom. The minimum absolute atomic E-state index is 0.903. The van der Waals surface area contributed by atoms with Crippen LogP contribution in [0.3, 0.4) is 0 Å². The predicted octanol–water partition coefficient (Wildman–Crippen LogP) is 2.67. The molecule has 1 heterocycles. The molecule has 0 atom stereocenters. The Morgan fingerprint density at radius 3 is 2.55 bits per heavy atom. The third-order valence-corrected chi connectivity index (χ3v) is 1.49. The molecule has 1 rings (SSSR count). The Morgan fingerprint density at radius 2 is 2.09 bits per heavy atom. The van der Waals surface area contributed by atoms with Crippen LogP contribution in [0, 0.1) is 0 Å². The van der Waals surface area contributed by atoms with Crippen molar-refractivity contribution in [2.45, 2.75) is 6.92 Å². The first-order valence-corrected chi connectivity index (χ1v) is 3.48. The summed E-state index contributed by atoms with van der Waals surface area (Å²) in [7, 11) is 0. The summed E-state index contributed by atoms with van der Waals surface area (Å²) in [5.74, 6) is 0. The molecular weight excluding hydrogens is 134 g/mol. The number of aromatic nitrogens is 1. The second-order valence-electron chi connectivity index (χ2n) is 2.47. The van der Waals surface area contributed by atoms with Crippen molar-refractivity contribution in [3.05, 3.63) is 48.8 Å². The van der Waals surface area contributed by atoms with Crippen LogP contribution in [0.2, 0.25) is 0 Å². The van der Waals surface area contributed by atoms with Crippen molar-refractivity contribution < 1.29 is 0 Å². The van der Waals surface area contributed by atoms with Crippen molar-refractivity contribution in [3.63, 3.8) is 0 Å². The van der Waals surface area contributed by atoms with Crippen molar-refractivity contribution in [2.24, 2.45) is 0 Å². The number of hydrogen-bond acceptors (Lipinski definition) is 1. The molecule has 1 heteroatoms. The lowest BCUT2D eigenvalue weighted by Crippen LogP contribution is -1.86. The smallest absolute Gasteiger partial charge is 0.0698 e. The van der Waals surface area contributed by atoms with Gasteiger partial charge in [0, 0.05) is 6.20 Å². The summed E-state index contributed by atoms with van der Waals surface area (Å²) in [6, 6.07) is 5.75. The molecule has 0 aliphatic carbocycles. The van der Waals surface area contributed by atoms with Gasteiger partial charge in [0.25, 0.3) is 0 Å². The van der Waals surface area contributed by atoms with Crippen molar-refractivity contribution >= 4 is 5.57 Å². The van der Waals surface area contributed by atoms with Gasteiger partial charge in [0.2, 0.25) is 0 Å². The molecule has 0 amide bonds. The Hall–Kier alpha value is -1.37. The maximum absolute atomic E-state index is 4.14. The molecule has 0 fully saturated rings. The van der Waals surface area contributed by atoms with Crippen LogP contribution < -0.4 is 0 Å². The molecule has 1 aromatic heterocycles. The van der Waals surface area contributed by atoms with Crippen molar-refractivity contribution in [2.75, 3.05) is 0 Å². The molecule has 0 unspecified atom stereocenters. The Balaban J connectivity index is 2.95. The van der Waals surface area contributed by atoms with E-state index in [9.17, 15) is 0 Å². The molecule has 0 aromatic carbocycles. The number of nitrogens with zero attached hydrogens (tertiary/aromatic N) is 1. The zero-order chi connectivity index (χ0) is 8.27. The SMILES string of the molecule is C=C(C)C(=C)c1ccccn1. The van der Waals surface area contributed by atoms with Gasteiger partial charge >= 0.3 is 0 Å². The number of hydrogen-bond donors (Lipinski definition) is 0. The first kappa shape index (κ1) is 7.73. The molecular formula is C10H11N. The van der Waals surface area contributed by atoms with Gasteiger partial charge in [-0.3, -0.25) is 4.98 Å². The first-order valence-electron chi connectivity index (χ1n) is 3.48. The van der Waals surface area contributed by atoms with Gasteiger partial charge in [-0.1, -0.05) is 19.2 Å². The van der Waals surface area contributed by atoms with Gasteiger partial charge in [-0.25, -0.2) is 0 Å². The minimum atomic E-state index is 0.903. The second kappa shape index (κ2) is 3.15.